The lowest BCUT2D eigenvalue weighted by molar-refractivity contribution is -0.119. The molecule has 4 rings (SSSR count). The fourth-order valence-corrected chi connectivity index (χ4v) is 4.45. The van der Waals surface area contributed by atoms with E-state index in [1.807, 2.05) is 41.1 Å². The molecular formula is C24H28N4O3S. The third-order valence-corrected chi connectivity index (χ3v) is 6.24. The number of hydrogen-bond donors (Lipinski definition) is 1. The van der Waals surface area contributed by atoms with E-state index in [9.17, 15) is 4.79 Å². The topological polar surface area (TPSA) is 68.6 Å². The van der Waals surface area contributed by atoms with Crippen LogP contribution in [0.2, 0.25) is 0 Å². The van der Waals surface area contributed by atoms with Crippen LogP contribution in [0.3, 0.4) is 0 Å². The van der Waals surface area contributed by atoms with E-state index in [0.717, 1.165) is 36.2 Å². The summed E-state index contributed by atoms with van der Waals surface area (Å²) in [5, 5.41) is 3.77. The molecule has 168 valence electrons. The summed E-state index contributed by atoms with van der Waals surface area (Å²) < 4.78 is 13.1. The van der Waals surface area contributed by atoms with Gasteiger partial charge in [-0.15, -0.1) is 0 Å². The third kappa shape index (κ3) is 6.12. The lowest BCUT2D eigenvalue weighted by atomic mass is 10.2. The Morgan fingerprint density at radius 3 is 2.97 bits per heavy atom. The zero-order valence-electron chi connectivity index (χ0n) is 18.1. The molecule has 1 N–H and O–H groups in total. The molecular weight excluding hydrogens is 424 g/mol. The van der Waals surface area contributed by atoms with Crippen molar-refractivity contribution in [2.45, 2.75) is 17.8 Å². The van der Waals surface area contributed by atoms with Crippen molar-refractivity contribution in [1.82, 2.24) is 19.8 Å². The Kier molecular flexibility index (Phi) is 7.82. The van der Waals surface area contributed by atoms with Gasteiger partial charge in [-0.1, -0.05) is 48.2 Å². The first-order valence-corrected chi connectivity index (χ1v) is 11.6. The number of carbonyl (C=O) groups excluding carboxylic acids is 1. The van der Waals surface area contributed by atoms with Crippen LogP contribution in [-0.2, 0) is 16.1 Å². The van der Waals surface area contributed by atoms with E-state index in [2.05, 4.69) is 39.5 Å². The summed E-state index contributed by atoms with van der Waals surface area (Å²) >= 11 is 1.41. The molecule has 0 bridgehead atoms. The third-order valence-electron chi connectivity index (χ3n) is 5.27. The molecule has 3 aromatic rings. The summed E-state index contributed by atoms with van der Waals surface area (Å²) in [6, 6.07) is 18.2. The zero-order valence-corrected chi connectivity index (χ0v) is 19.0. The molecule has 0 radical (unpaired) electrons. The van der Waals surface area contributed by atoms with Gasteiger partial charge < -0.3 is 14.8 Å². The number of imidazole rings is 1. The van der Waals surface area contributed by atoms with Gasteiger partial charge in [-0.2, -0.15) is 0 Å². The monoisotopic (exact) mass is 452 g/mol. The highest BCUT2D eigenvalue weighted by Gasteiger charge is 2.21. The second-order valence-corrected chi connectivity index (χ2v) is 8.53. The van der Waals surface area contributed by atoms with Gasteiger partial charge in [0.1, 0.15) is 5.75 Å². The Hall–Kier alpha value is -2.81. The highest BCUT2D eigenvalue weighted by atomic mass is 32.2. The minimum absolute atomic E-state index is 0.000169. The standard InChI is InChI=1S/C24H28N4O3S/c1-30-21-9-5-8-20(14-21)28-11-10-25-24(28)32-18-23(29)26-15-22-17-27(12-13-31-22)16-19-6-3-2-4-7-19/h2-11,14,22H,12-13,15-18H2,1H3,(H,26,29). The normalized spacial score (nSPS) is 16.6. The predicted octanol–water partition coefficient (Wildman–Crippen LogP) is 2.99. The molecule has 2 aromatic carbocycles. The molecule has 0 spiro atoms. The molecule has 32 heavy (non-hydrogen) atoms. The van der Waals surface area contributed by atoms with Gasteiger partial charge in [-0.3, -0.25) is 14.3 Å². The molecule has 8 heteroatoms. The Morgan fingerprint density at radius 1 is 1.25 bits per heavy atom. The van der Waals surface area contributed by atoms with Crippen LogP contribution >= 0.6 is 11.8 Å². The quantitative estimate of drug-likeness (QED) is 0.504. The second-order valence-electron chi connectivity index (χ2n) is 7.59. The maximum atomic E-state index is 12.4. The number of methoxy groups -OCH3 is 1. The Morgan fingerprint density at radius 2 is 2.12 bits per heavy atom. The molecule has 7 nitrogen and oxygen atoms in total. The molecule has 1 amide bonds. The summed E-state index contributed by atoms with van der Waals surface area (Å²) in [7, 11) is 1.64. The number of hydrogen-bond acceptors (Lipinski definition) is 6. The van der Waals surface area contributed by atoms with Crippen LogP contribution < -0.4 is 10.1 Å². The van der Waals surface area contributed by atoms with Crippen LogP contribution in [-0.4, -0.2) is 65.6 Å². The minimum Gasteiger partial charge on any atom is -0.497 e. The Labute approximate surface area is 192 Å². The molecule has 2 heterocycles. The fraction of sp³-hybridized carbons (Fsp3) is 0.333. The van der Waals surface area contributed by atoms with Gasteiger partial charge in [-0.25, -0.2) is 4.98 Å². The molecule has 0 saturated carbocycles. The average molecular weight is 453 g/mol. The first kappa shape index (κ1) is 22.4. The van der Waals surface area contributed by atoms with Crippen LogP contribution in [0.4, 0.5) is 0 Å². The lowest BCUT2D eigenvalue weighted by Gasteiger charge is -2.33. The van der Waals surface area contributed by atoms with E-state index in [-0.39, 0.29) is 12.0 Å². The zero-order chi connectivity index (χ0) is 22.2. The van der Waals surface area contributed by atoms with Gasteiger partial charge in [0.05, 0.1) is 31.3 Å². The van der Waals surface area contributed by atoms with E-state index in [1.54, 1.807) is 13.3 Å². The fourth-order valence-electron chi connectivity index (χ4n) is 3.65. The van der Waals surface area contributed by atoms with Gasteiger partial charge in [0.15, 0.2) is 5.16 Å². The number of rotatable bonds is 9. The maximum absolute atomic E-state index is 12.4. The number of amides is 1. The first-order chi connectivity index (χ1) is 15.7. The van der Waals surface area contributed by atoms with Crippen LogP contribution in [0.1, 0.15) is 5.56 Å². The Bertz CT molecular complexity index is 1010. The molecule has 1 atom stereocenters. The molecule has 0 aliphatic carbocycles. The highest BCUT2D eigenvalue weighted by molar-refractivity contribution is 7.99. The lowest BCUT2D eigenvalue weighted by Crippen LogP contribution is -2.47. The van der Waals surface area contributed by atoms with Crippen LogP contribution in [0.25, 0.3) is 5.69 Å². The van der Waals surface area contributed by atoms with Gasteiger partial charge in [0.2, 0.25) is 5.91 Å². The molecule has 1 aromatic heterocycles. The van der Waals surface area contributed by atoms with E-state index in [1.165, 1.54) is 17.3 Å². The number of thioether (sulfide) groups is 1. The van der Waals surface area contributed by atoms with Crippen molar-refractivity contribution in [3.63, 3.8) is 0 Å². The van der Waals surface area contributed by atoms with E-state index >= 15 is 0 Å². The predicted molar refractivity (Wildman–Crippen MR) is 125 cm³/mol. The van der Waals surface area contributed by atoms with Gasteiger partial charge >= 0.3 is 0 Å². The Balaban J connectivity index is 1.24. The SMILES string of the molecule is COc1cccc(-n2ccnc2SCC(=O)NCC2CN(Cc3ccccc3)CCO2)c1. The van der Waals surface area contributed by atoms with Gasteiger partial charge in [0.25, 0.3) is 0 Å². The van der Waals surface area contributed by atoms with Crippen LogP contribution in [0.5, 0.6) is 5.75 Å². The van der Waals surface area contributed by atoms with Crippen LogP contribution in [0.15, 0.2) is 72.1 Å². The van der Waals surface area contributed by atoms with Gasteiger partial charge in [0, 0.05) is 44.6 Å². The van der Waals surface area contributed by atoms with Crippen LogP contribution in [0, 0.1) is 0 Å². The van der Waals surface area contributed by atoms with E-state index in [0.29, 0.717) is 18.9 Å². The van der Waals surface area contributed by atoms with Crippen molar-refractivity contribution in [2.24, 2.45) is 0 Å². The smallest absolute Gasteiger partial charge is 0.230 e. The molecule has 1 aliphatic heterocycles. The molecule has 1 saturated heterocycles. The second kappa shape index (κ2) is 11.2. The van der Waals surface area contributed by atoms with Gasteiger partial charge in [-0.05, 0) is 17.7 Å². The number of ether oxygens (including phenoxy) is 2. The van der Waals surface area contributed by atoms with Crippen molar-refractivity contribution in [2.75, 3.05) is 39.1 Å². The first-order valence-electron chi connectivity index (χ1n) is 10.7. The minimum atomic E-state index is -0.0287. The summed E-state index contributed by atoms with van der Waals surface area (Å²) in [5.74, 6) is 1.04. The highest BCUT2D eigenvalue weighted by Crippen LogP contribution is 2.23. The maximum Gasteiger partial charge on any atom is 0.230 e. The van der Waals surface area contributed by atoms with Crippen molar-refractivity contribution < 1.29 is 14.3 Å². The van der Waals surface area contributed by atoms with Crippen molar-refractivity contribution in [1.29, 1.82) is 0 Å². The summed E-state index contributed by atoms with van der Waals surface area (Å²) in [5.41, 5.74) is 2.24. The van der Waals surface area contributed by atoms with E-state index in [4.69, 9.17) is 9.47 Å². The number of carbonyl (C=O) groups is 1. The molecule has 1 aliphatic rings. The largest absolute Gasteiger partial charge is 0.497 e. The summed E-state index contributed by atoms with van der Waals surface area (Å²) in [4.78, 5) is 19.2. The van der Waals surface area contributed by atoms with E-state index < -0.39 is 0 Å². The number of aromatic nitrogens is 2. The number of nitrogens with zero attached hydrogens (tertiary/aromatic N) is 3. The number of nitrogens with one attached hydrogen (secondary N) is 1. The number of benzene rings is 2. The summed E-state index contributed by atoms with van der Waals surface area (Å²) in [6.45, 7) is 3.80. The molecule has 1 fully saturated rings. The van der Waals surface area contributed by atoms with Crippen molar-refractivity contribution in [3.05, 3.63) is 72.6 Å². The van der Waals surface area contributed by atoms with Crippen molar-refractivity contribution in [3.8, 4) is 11.4 Å². The molecule has 1 unspecified atom stereocenters. The van der Waals surface area contributed by atoms with Crippen molar-refractivity contribution >= 4 is 17.7 Å². The summed E-state index contributed by atoms with van der Waals surface area (Å²) in [6.07, 6.45) is 3.61. The number of morpholine rings is 1. The average Bonchev–Trinajstić information content (AvgIpc) is 3.31.